The van der Waals surface area contributed by atoms with Crippen molar-refractivity contribution in [2.75, 3.05) is 51.2 Å². The van der Waals surface area contributed by atoms with Crippen LogP contribution in [0, 0.1) is 5.92 Å². The van der Waals surface area contributed by atoms with E-state index in [2.05, 4.69) is 58.3 Å². The Hall–Kier alpha value is -3.62. The second-order valence-corrected chi connectivity index (χ2v) is 11.8. The van der Waals surface area contributed by atoms with Crippen LogP contribution in [0.2, 0.25) is 0 Å². The smallest absolute Gasteiger partial charge is 0.244 e. The van der Waals surface area contributed by atoms with Gasteiger partial charge in [0, 0.05) is 75.6 Å². The second-order valence-electron chi connectivity index (χ2n) is 11.8. The minimum atomic E-state index is -0.549. The van der Waals surface area contributed by atoms with Gasteiger partial charge in [0.25, 0.3) is 0 Å². The van der Waals surface area contributed by atoms with Gasteiger partial charge in [0.05, 0.1) is 6.26 Å². The van der Waals surface area contributed by atoms with Crippen LogP contribution in [0.3, 0.4) is 0 Å². The maximum absolute atomic E-state index is 13.7. The summed E-state index contributed by atoms with van der Waals surface area (Å²) in [4.78, 5) is 36.0. The summed E-state index contributed by atoms with van der Waals surface area (Å²) in [6.45, 7) is 12.4. The monoisotopic (exact) mass is 557 g/mol. The molecule has 218 valence electrons. The number of benzene rings is 2. The minimum Gasteiger partial charge on any atom is -0.464 e. The van der Waals surface area contributed by atoms with Gasteiger partial charge in [-0.1, -0.05) is 56.3 Å². The van der Waals surface area contributed by atoms with E-state index in [4.69, 9.17) is 4.42 Å². The molecule has 0 aliphatic carbocycles. The standard InChI is InChI=1S/C33H43N5O3/c1-24(2)33(40)38-25(3)21-36(22-28-8-5-6-9-29(28)37-17-15-35(4)16-18-37)23-30(38)32(39)34-20-26-11-13-27(14-12-26)31-10-7-19-41-31/h5-14,19,24-25,30H,15-18,20-23H2,1-4H3,(H,34,39). The first-order valence-corrected chi connectivity index (χ1v) is 14.8. The SMILES string of the molecule is CC(C)C(=O)N1C(C)CN(Cc2ccccc2N2CCN(C)CC2)CC1C(=O)NCc1ccc(-c2ccco2)cc1. The highest BCUT2D eigenvalue weighted by atomic mass is 16.3. The molecule has 2 saturated heterocycles. The normalized spacial score (nSPS) is 20.4. The molecule has 8 heteroatoms. The van der Waals surface area contributed by atoms with Crippen molar-refractivity contribution in [1.29, 1.82) is 0 Å². The van der Waals surface area contributed by atoms with E-state index >= 15 is 0 Å². The minimum absolute atomic E-state index is 0.0259. The topological polar surface area (TPSA) is 72.3 Å². The van der Waals surface area contributed by atoms with Crippen molar-refractivity contribution in [3.05, 3.63) is 78.1 Å². The molecule has 2 aromatic carbocycles. The zero-order valence-electron chi connectivity index (χ0n) is 24.8. The van der Waals surface area contributed by atoms with E-state index in [1.807, 2.05) is 55.1 Å². The number of carbonyl (C=O) groups excluding carboxylic acids is 2. The van der Waals surface area contributed by atoms with Crippen LogP contribution in [0.5, 0.6) is 0 Å². The Morgan fingerprint density at radius 2 is 1.68 bits per heavy atom. The summed E-state index contributed by atoms with van der Waals surface area (Å²) in [6.07, 6.45) is 1.66. The summed E-state index contributed by atoms with van der Waals surface area (Å²) in [7, 11) is 2.17. The average Bonchev–Trinajstić information content (AvgIpc) is 3.52. The molecule has 1 N–H and O–H groups in total. The lowest BCUT2D eigenvalue weighted by Gasteiger charge is -2.46. The molecule has 0 spiro atoms. The van der Waals surface area contributed by atoms with Crippen molar-refractivity contribution >= 4 is 17.5 Å². The Morgan fingerprint density at radius 1 is 0.951 bits per heavy atom. The van der Waals surface area contributed by atoms with Gasteiger partial charge in [-0.05, 0) is 43.3 Å². The van der Waals surface area contributed by atoms with Gasteiger partial charge in [-0.3, -0.25) is 14.5 Å². The summed E-state index contributed by atoms with van der Waals surface area (Å²) < 4.78 is 5.48. The lowest BCUT2D eigenvalue weighted by atomic mass is 10.0. The number of para-hydroxylation sites is 1. The van der Waals surface area contributed by atoms with E-state index in [-0.39, 0.29) is 23.8 Å². The molecule has 0 radical (unpaired) electrons. The van der Waals surface area contributed by atoms with Crippen LogP contribution in [-0.2, 0) is 22.7 Å². The number of amides is 2. The third-order valence-corrected chi connectivity index (χ3v) is 8.27. The largest absolute Gasteiger partial charge is 0.464 e. The first-order chi connectivity index (χ1) is 19.8. The Bertz CT molecular complexity index is 1300. The molecule has 2 aliphatic rings. The highest BCUT2D eigenvalue weighted by molar-refractivity contribution is 5.89. The second kappa shape index (κ2) is 12.9. The van der Waals surface area contributed by atoms with Crippen LogP contribution in [-0.4, -0.2) is 84.9 Å². The summed E-state index contributed by atoms with van der Waals surface area (Å²) in [5, 5.41) is 3.12. The molecule has 2 fully saturated rings. The van der Waals surface area contributed by atoms with Crippen molar-refractivity contribution in [1.82, 2.24) is 20.0 Å². The molecular weight excluding hydrogens is 514 g/mol. The molecule has 0 bridgehead atoms. The first-order valence-electron chi connectivity index (χ1n) is 14.8. The number of carbonyl (C=O) groups is 2. The molecule has 3 heterocycles. The van der Waals surface area contributed by atoms with Crippen LogP contribution in [0.15, 0.2) is 71.3 Å². The van der Waals surface area contributed by atoms with E-state index in [0.717, 1.165) is 56.2 Å². The van der Waals surface area contributed by atoms with Crippen LogP contribution < -0.4 is 10.2 Å². The van der Waals surface area contributed by atoms with Gasteiger partial charge < -0.3 is 24.4 Å². The fraction of sp³-hybridized carbons (Fsp3) is 0.455. The molecule has 2 amide bonds. The van der Waals surface area contributed by atoms with Crippen molar-refractivity contribution in [2.45, 2.75) is 45.9 Å². The van der Waals surface area contributed by atoms with Gasteiger partial charge in [-0.15, -0.1) is 0 Å². The fourth-order valence-electron chi connectivity index (χ4n) is 5.96. The Kier molecular flexibility index (Phi) is 9.10. The molecule has 2 atom stereocenters. The van der Waals surface area contributed by atoms with Crippen molar-refractivity contribution in [3.63, 3.8) is 0 Å². The third kappa shape index (κ3) is 6.82. The Labute approximate surface area is 243 Å². The summed E-state index contributed by atoms with van der Waals surface area (Å²) in [5.41, 5.74) is 4.53. The third-order valence-electron chi connectivity index (χ3n) is 8.27. The zero-order valence-corrected chi connectivity index (χ0v) is 24.8. The zero-order chi connectivity index (χ0) is 28.9. The van der Waals surface area contributed by atoms with E-state index in [9.17, 15) is 9.59 Å². The predicted molar refractivity (Wildman–Crippen MR) is 162 cm³/mol. The van der Waals surface area contributed by atoms with Crippen molar-refractivity contribution in [3.8, 4) is 11.3 Å². The van der Waals surface area contributed by atoms with Crippen molar-refractivity contribution in [2.24, 2.45) is 5.92 Å². The van der Waals surface area contributed by atoms with Crippen LogP contribution >= 0.6 is 0 Å². The highest BCUT2D eigenvalue weighted by Gasteiger charge is 2.40. The number of anilines is 1. The molecule has 2 aliphatic heterocycles. The van der Waals surface area contributed by atoms with Gasteiger partial charge >= 0.3 is 0 Å². The van der Waals surface area contributed by atoms with E-state index in [1.165, 1.54) is 11.3 Å². The molecule has 8 nitrogen and oxygen atoms in total. The molecule has 5 rings (SSSR count). The number of rotatable bonds is 8. The number of nitrogens with one attached hydrogen (secondary N) is 1. The predicted octanol–water partition coefficient (Wildman–Crippen LogP) is 4.07. The molecule has 0 saturated carbocycles. The van der Waals surface area contributed by atoms with Gasteiger partial charge in [-0.25, -0.2) is 0 Å². The van der Waals surface area contributed by atoms with Gasteiger partial charge in [-0.2, -0.15) is 0 Å². The number of piperazine rings is 2. The Morgan fingerprint density at radius 3 is 2.37 bits per heavy atom. The van der Waals surface area contributed by atoms with Gasteiger partial charge in [0.15, 0.2) is 0 Å². The van der Waals surface area contributed by atoms with Crippen LogP contribution in [0.1, 0.15) is 31.9 Å². The number of hydrogen-bond acceptors (Lipinski definition) is 6. The molecule has 41 heavy (non-hydrogen) atoms. The van der Waals surface area contributed by atoms with Crippen LogP contribution in [0.4, 0.5) is 5.69 Å². The summed E-state index contributed by atoms with van der Waals surface area (Å²) in [5.74, 6) is 0.552. The summed E-state index contributed by atoms with van der Waals surface area (Å²) >= 11 is 0. The molecule has 1 aromatic heterocycles. The lowest BCUT2D eigenvalue weighted by Crippen LogP contribution is -2.64. The van der Waals surface area contributed by atoms with E-state index < -0.39 is 6.04 Å². The van der Waals surface area contributed by atoms with Gasteiger partial charge in [0.2, 0.25) is 11.8 Å². The van der Waals surface area contributed by atoms with E-state index in [0.29, 0.717) is 13.1 Å². The van der Waals surface area contributed by atoms with E-state index in [1.54, 1.807) is 6.26 Å². The fourth-order valence-corrected chi connectivity index (χ4v) is 5.96. The average molecular weight is 558 g/mol. The van der Waals surface area contributed by atoms with Crippen molar-refractivity contribution < 1.29 is 14.0 Å². The van der Waals surface area contributed by atoms with Crippen LogP contribution in [0.25, 0.3) is 11.3 Å². The quantitative estimate of drug-likeness (QED) is 0.450. The summed E-state index contributed by atoms with van der Waals surface area (Å²) in [6, 6.07) is 19.8. The molecular formula is C33H43N5O3. The first kappa shape index (κ1) is 28.9. The number of hydrogen-bond donors (Lipinski definition) is 1. The highest BCUT2D eigenvalue weighted by Crippen LogP contribution is 2.27. The number of likely N-dealkylation sites (N-methyl/N-ethyl adjacent to an activating group) is 1. The molecule has 2 unspecified atom stereocenters. The maximum atomic E-state index is 13.7. The Balaban J connectivity index is 1.29. The number of nitrogens with zero attached hydrogens (tertiary/aromatic N) is 4. The van der Waals surface area contributed by atoms with Gasteiger partial charge in [0.1, 0.15) is 11.8 Å². The lowest BCUT2D eigenvalue weighted by molar-refractivity contribution is -0.150. The number of furan rings is 1. The molecule has 3 aromatic rings. The maximum Gasteiger partial charge on any atom is 0.244 e.